The Labute approximate surface area is 88.7 Å². The molecule has 0 saturated heterocycles. The van der Waals surface area contributed by atoms with Gasteiger partial charge in [0.1, 0.15) is 0 Å². The Morgan fingerprint density at radius 2 is 1.62 bits per heavy atom. The number of nitrogens with two attached hydrogens (primary N) is 1. The number of halogens is 3. The molecule has 0 fully saturated rings. The molecule has 0 amide bonds. The van der Waals surface area contributed by atoms with Crippen molar-refractivity contribution in [1.29, 1.82) is 0 Å². The smallest absolute Gasteiger partial charge is 0.449 e. The molecule has 0 radical (unpaired) electrons. The van der Waals surface area contributed by atoms with Crippen molar-refractivity contribution in [1.82, 2.24) is 0 Å². The molecule has 0 aromatic rings. The molecule has 0 spiro atoms. The second-order valence-electron chi connectivity index (χ2n) is 1.29. The van der Waals surface area contributed by atoms with Crippen LogP contribution < -0.4 is 57.1 Å². The molecule has 0 aromatic heterocycles. The minimum Gasteiger partial charge on any atom is -0.449 e. The standard InChI is InChI=1S/C2H6BF3N.K/c4-3(5,6)1-2-7;/h1-2,7H2;/q-1;+1. The van der Waals surface area contributed by atoms with Crippen LogP contribution in [0, 0.1) is 0 Å². The Hall–Kier alpha value is 1.45. The first kappa shape index (κ1) is 12.2. The van der Waals surface area contributed by atoms with Crippen LogP contribution in [0.25, 0.3) is 0 Å². The van der Waals surface area contributed by atoms with Crippen LogP contribution in [0.3, 0.4) is 0 Å². The van der Waals surface area contributed by atoms with E-state index in [1.54, 1.807) is 0 Å². The van der Waals surface area contributed by atoms with Crippen molar-refractivity contribution in [2.45, 2.75) is 6.32 Å². The third kappa shape index (κ3) is 10.4. The molecule has 0 heterocycles. The van der Waals surface area contributed by atoms with Crippen LogP contribution in [0.1, 0.15) is 0 Å². The number of hydrogen-bond donors (Lipinski definition) is 1. The zero-order valence-electron chi connectivity index (χ0n) is 4.70. The summed E-state index contributed by atoms with van der Waals surface area (Å²) in [4.78, 5) is 0. The van der Waals surface area contributed by atoms with Crippen LogP contribution >= 0.6 is 0 Å². The van der Waals surface area contributed by atoms with Crippen molar-refractivity contribution in [3.8, 4) is 0 Å². The van der Waals surface area contributed by atoms with Crippen LogP contribution in [-0.2, 0) is 0 Å². The van der Waals surface area contributed by atoms with Crippen molar-refractivity contribution in [2.75, 3.05) is 6.54 Å². The SMILES string of the molecule is NCC[B-](F)(F)F.[K+]. The maximum atomic E-state index is 11.0. The van der Waals surface area contributed by atoms with Gasteiger partial charge in [-0.1, -0.05) is 6.32 Å². The van der Waals surface area contributed by atoms with Crippen LogP contribution in [0.2, 0.25) is 6.32 Å². The second-order valence-corrected chi connectivity index (χ2v) is 1.29. The molecule has 0 bridgehead atoms. The fourth-order valence-electron chi connectivity index (χ4n) is 0.189. The van der Waals surface area contributed by atoms with E-state index in [2.05, 4.69) is 5.73 Å². The average Bonchev–Trinajstić information content (AvgIpc) is 1.30. The summed E-state index contributed by atoms with van der Waals surface area (Å²) in [6.07, 6.45) is -0.819. The first-order valence-corrected chi connectivity index (χ1v) is 1.97. The zero-order chi connectivity index (χ0) is 5.91. The van der Waals surface area contributed by atoms with Gasteiger partial charge in [0.05, 0.1) is 0 Å². The molecule has 0 aliphatic heterocycles. The molecule has 6 heteroatoms. The molecule has 0 aromatic carbocycles. The summed E-state index contributed by atoms with van der Waals surface area (Å²) in [5, 5.41) is 0. The van der Waals surface area contributed by atoms with Gasteiger partial charge in [-0.2, -0.15) is 0 Å². The Balaban J connectivity index is 0. The van der Waals surface area contributed by atoms with E-state index in [0.717, 1.165) is 0 Å². The molecule has 0 rings (SSSR count). The topological polar surface area (TPSA) is 26.0 Å². The van der Waals surface area contributed by atoms with E-state index in [1.165, 1.54) is 0 Å². The quantitative estimate of drug-likeness (QED) is 0.445. The average molecular weight is 151 g/mol. The van der Waals surface area contributed by atoms with Gasteiger partial charge >= 0.3 is 58.4 Å². The molecule has 0 saturated carbocycles. The normalized spacial score (nSPS) is 10.5. The molecule has 0 atom stereocenters. The van der Waals surface area contributed by atoms with Gasteiger partial charge in [0.25, 0.3) is 0 Å². The van der Waals surface area contributed by atoms with E-state index in [1.807, 2.05) is 0 Å². The van der Waals surface area contributed by atoms with E-state index in [9.17, 15) is 12.9 Å². The Kier molecular flexibility index (Phi) is 7.98. The van der Waals surface area contributed by atoms with Gasteiger partial charge in [-0.05, 0) is 6.54 Å². The van der Waals surface area contributed by atoms with Gasteiger partial charge in [0.15, 0.2) is 0 Å². The van der Waals surface area contributed by atoms with Gasteiger partial charge in [0.2, 0.25) is 0 Å². The fourth-order valence-corrected chi connectivity index (χ4v) is 0.189. The Bertz CT molecular complexity index is 55.7. The van der Waals surface area contributed by atoms with Crippen molar-refractivity contribution in [3.05, 3.63) is 0 Å². The van der Waals surface area contributed by atoms with E-state index < -0.39 is 13.3 Å². The largest absolute Gasteiger partial charge is 1.00 e. The molecule has 0 aliphatic carbocycles. The van der Waals surface area contributed by atoms with Crippen molar-refractivity contribution < 1.29 is 64.3 Å². The maximum absolute atomic E-state index is 11.0. The summed E-state index contributed by atoms with van der Waals surface area (Å²) in [6.45, 7) is -4.91. The maximum Gasteiger partial charge on any atom is 1.00 e. The molecule has 0 unspecified atom stereocenters. The first-order chi connectivity index (χ1) is 3.06. The van der Waals surface area contributed by atoms with E-state index in [4.69, 9.17) is 0 Å². The fraction of sp³-hybridized carbons (Fsp3) is 1.00. The first-order valence-electron chi connectivity index (χ1n) is 1.97. The van der Waals surface area contributed by atoms with Crippen LogP contribution in [0.5, 0.6) is 0 Å². The van der Waals surface area contributed by atoms with Gasteiger partial charge in [-0.25, -0.2) is 0 Å². The second kappa shape index (κ2) is 5.25. The van der Waals surface area contributed by atoms with Crippen molar-refractivity contribution in [2.24, 2.45) is 5.73 Å². The molecule has 1 nitrogen and oxygen atoms in total. The van der Waals surface area contributed by atoms with E-state index in [0.29, 0.717) is 0 Å². The summed E-state index contributed by atoms with van der Waals surface area (Å²) in [7, 11) is 0. The predicted octanol–water partition coefficient (Wildman–Crippen LogP) is -2.20. The van der Waals surface area contributed by atoms with Crippen LogP contribution in [0.15, 0.2) is 0 Å². The molecular weight excluding hydrogens is 145 g/mol. The summed E-state index contributed by atoms with van der Waals surface area (Å²) in [5.74, 6) is 0. The molecule has 2 N–H and O–H groups in total. The molecule has 0 aliphatic rings. The summed E-state index contributed by atoms with van der Waals surface area (Å²) < 4.78 is 33.1. The molecule has 8 heavy (non-hydrogen) atoms. The van der Waals surface area contributed by atoms with Gasteiger partial charge in [-0.3, -0.25) is 0 Å². The summed E-state index contributed by atoms with van der Waals surface area (Å²) >= 11 is 0. The monoisotopic (exact) mass is 151 g/mol. The number of rotatable bonds is 2. The summed E-state index contributed by atoms with van der Waals surface area (Å²) in [5.41, 5.74) is 4.61. The van der Waals surface area contributed by atoms with Crippen molar-refractivity contribution >= 4 is 6.98 Å². The van der Waals surface area contributed by atoms with Crippen LogP contribution in [0.4, 0.5) is 12.9 Å². The summed E-state index contributed by atoms with van der Waals surface area (Å²) in [6, 6.07) is 0. The Morgan fingerprint density at radius 1 is 1.25 bits per heavy atom. The van der Waals surface area contributed by atoms with Gasteiger partial charge in [0, 0.05) is 0 Å². The minimum absolute atomic E-state index is 0. The van der Waals surface area contributed by atoms with Gasteiger partial charge < -0.3 is 18.7 Å². The Morgan fingerprint density at radius 3 is 1.62 bits per heavy atom. The predicted molar refractivity (Wildman–Crippen MR) is 22.9 cm³/mol. The molecule has 44 valence electrons. The minimum atomic E-state index is -4.62. The third-order valence-corrected chi connectivity index (χ3v) is 0.494. The van der Waals surface area contributed by atoms with Crippen molar-refractivity contribution in [3.63, 3.8) is 0 Å². The number of hydrogen-bond acceptors (Lipinski definition) is 1. The van der Waals surface area contributed by atoms with E-state index >= 15 is 0 Å². The third-order valence-electron chi connectivity index (χ3n) is 0.494. The van der Waals surface area contributed by atoms with E-state index in [-0.39, 0.29) is 57.9 Å². The van der Waals surface area contributed by atoms with Crippen LogP contribution in [-0.4, -0.2) is 13.5 Å². The zero-order valence-corrected chi connectivity index (χ0v) is 7.83. The molecular formula is C2H6BF3KN. The van der Waals surface area contributed by atoms with Gasteiger partial charge in [-0.15, -0.1) is 0 Å².